The first kappa shape index (κ1) is 47.4. The van der Waals surface area contributed by atoms with Crippen LogP contribution < -0.4 is 21.4 Å². The van der Waals surface area contributed by atoms with E-state index in [1.165, 1.54) is 24.3 Å². The third kappa shape index (κ3) is 8.90. The third-order valence-corrected chi connectivity index (χ3v) is 15.6. The third-order valence-electron chi connectivity index (χ3n) is 10.9. The predicted molar refractivity (Wildman–Crippen MR) is 253 cm³/mol. The van der Waals surface area contributed by atoms with Crippen molar-refractivity contribution in [2.75, 3.05) is 0 Å². The van der Waals surface area contributed by atoms with Crippen molar-refractivity contribution in [1.29, 1.82) is 0 Å². The van der Waals surface area contributed by atoms with Crippen LogP contribution in [-0.4, -0.2) is 71.8 Å². The zero-order valence-electron chi connectivity index (χ0n) is 33.7. The standard InChI is InChI=1S/C44H28Cl4N4O12S4/c45-29-5-1-21(65(53,54)55)17-25(29)41-33-9-11-35(49-33)42(26-18-22(66(56,57)58)2-6-30(26)46)37-13-15-39(51-37)44(28-20-24(68(62,63)64)4-8-32(28)48)40-16-14-38(52-40)43(36-12-10-34(41)50-36)27-19-23(67(59,60)61)3-7-31(27)47/h1-20,49-52H,(H,53,54,55)(H,56,57,58)(H,59,60,61)(H,62,63,64). The second-order valence-electron chi connectivity index (χ2n) is 15.1. The summed E-state index contributed by atoms with van der Waals surface area (Å²) in [7, 11) is -19.2. The van der Waals surface area contributed by atoms with E-state index in [0.717, 1.165) is 48.5 Å². The molecule has 0 amide bonds. The predicted octanol–water partition coefficient (Wildman–Crippen LogP) is 5.90. The van der Waals surface area contributed by atoms with E-state index in [9.17, 15) is 51.9 Å². The Morgan fingerprint density at radius 2 is 0.500 bits per heavy atom. The highest BCUT2D eigenvalue weighted by Crippen LogP contribution is 2.36. The molecule has 4 aromatic carbocycles. The van der Waals surface area contributed by atoms with Gasteiger partial charge < -0.3 is 19.9 Å². The molecule has 8 aromatic rings. The molecule has 0 radical (unpaired) electrons. The Bertz CT molecular complexity index is 3690. The van der Waals surface area contributed by atoms with E-state index in [-0.39, 0.29) is 109 Å². The molecule has 0 aliphatic carbocycles. The van der Waals surface area contributed by atoms with Gasteiger partial charge in [0.1, 0.15) is 0 Å². The van der Waals surface area contributed by atoms with Crippen LogP contribution in [0.25, 0.3) is 22.3 Å². The number of halogens is 4. The van der Waals surface area contributed by atoms with E-state index in [4.69, 9.17) is 46.4 Å². The van der Waals surface area contributed by atoms with E-state index in [1.807, 2.05) is 0 Å². The van der Waals surface area contributed by atoms with Crippen molar-refractivity contribution in [2.24, 2.45) is 0 Å². The van der Waals surface area contributed by atoms with Gasteiger partial charge in [0.05, 0.1) is 19.6 Å². The van der Waals surface area contributed by atoms with Crippen LogP contribution in [0.2, 0.25) is 20.1 Å². The molecular weight excluding hydrogens is 1050 g/mol. The lowest BCUT2D eigenvalue weighted by molar-refractivity contribution is 0.481. The first-order valence-corrected chi connectivity index (χ1v) is 26.5. The minimum atomic E-state index is -4.80. The van der Waals surface area contributed by atoms with Gasteiger partial charge in [-0.3, -0.25) is 18.2 Å². The Morgan fingerprint density at radius 1 is 0.294 bits per heavy atom. The molecule has 0 spiro atoms. The monoisotopic (exact) mass is 1070 g/mol. The summed E-state index contributed by atoms with van der Waals surface area (Å²) in [6.45, 7) is 0. The van der Waals surface area contributed by atoms with E-state index >= 15 is 0 Å². The van der Waals surface area contributed by atoms with Gasteiger partial charge in [0, 0.05) is 109 Å². The highest BCUT2D eigenvalue weighted by atomic mass is 35.5. The average Bonchev–Trinajstić information content (AvgIpc) is 4.10. The van der Waals surface area contributed by atoms with Crippen LogP contribution in [0.3, 0.4) is 0 Å². The Hall–Kier alpha value is -5.72. The molecule has 0 saturated carbocycles. The first-order chi connectivity index (χ1) is 31.9. The van der Waals surface area contributed by atoms with Gasteiger partial charge in [0.2, 0.25) is 0 Å². The van der Waals surface area contributed by atoms with Crippen molar-refractivity contribution in [3.05, 3.63) is 208 Å². The van der Waals surface area contributed by atoms with Crippen LogP contribution in [0.15, 0.2) is 141 Å². The van der Waals surface area contributed by atoms with E-state index in [0.29, 0.717) is 0 Å². The summed E-state index contributed by atoms with van der Waals surface area (Å²) in [5.74, 6) is 0. The summed E-state index contributed by atoms with van der Waals surface area (Å²) >= 11 is 27.3. The molecule has 24 heteroatoms. The summed E-state index contributed by atoms with van der Waals surface area (Å²) in [6, 6.07) is 26.8. The number of benzene rings is 4. The second kappa shape index (κ2) is 17.1. The lowest BCUT2D eigenvalue weighted by Crippen LogP contribution is -2.19. The smallest absolute Gasteiger partial charge is 0.294 e. The Morgan fingerprint density at radius 3 is 0.691 bits per heavy atom. The topological polar surface area (TPSA) is 281 Å². The number of hydrogen-bond acceptors (Lipinski definition) is 8. The lowest BCUT2D eigenvalue weighted by Gasteiger charge is -2.13. The summed E-state index contributed by atoms with van der Waals surface area (Å²) in [6.07, 6.45) is 0. The van der Waals surface area contributed by atoms with Crippen LogP contribution in [0.4, 0.5) is 0 Å². The van der Waals surface area contributed by atoms with Crippen LogP contribution >= 0.6 is 46.4 Å². The van der Waals surface area contributed by atoms with E-state index < -0.39 is 60.1 Å². The fourth-order valence-electron chi connectivity index (χ4n) is 7.91. The molecule has 8 bridgehead atoms. The SMILES string of the molecule is O=S(=O)(O)c1ccc(Cl)c(C2=c3ccc([nH]3)=C(c3cc(S(=O)(=O)O)ccc3Cl)c3ccc([nH]3)C(c3cc(S(=O)(=O)O)ccc3Cl)=c3ccc([nH]3)=C(c3cc(S(=O)(=O)O)ccc3Cl)c3ccc2[nH]3)c1. The molecule has 0 atom stereocenters. The molecule has 8 N–H and O–H groups in total. The molecule has 0 fully saturated rings. The maximum Gasteiger partial charge on any atom is 0.294 e. The highest BCUT2D eigenvalue weighted by Gasteiger charge is 2.25. The van der Waals surface area contributed by atoms with Crippen molar-refractivity contribution in [2.45, 2.75) is 19.6 Å². The number of H-pyrrole nitrogens is 4. The van der Waals surface area contributed by atoms with Gasteiger partial charge in [-0.1, -0.05) is 46.4 Å². The molecule has 1 aliphatic rings. The molecule has 1 aliphatic heterocycles. The molecular formula is C44H28Cl4N4O12S4. The van der Waals surface area contributed by atoms with Gasteiger partial charge >= 0.3 is 0 Å². The molecule has 5 heterocycles. The quantitative estimate of drug-likeness (QED) is 0.0826. The number of nitrogens with one attached hydrogen (secondary N) is 4. The zero-order valence-corrected chi connectivity index (χ0v) is 40.0. The number of aromatic nitrogens is 4. The number of aromatic amines is 4. The number of rotatable bonds is 8. The number of fused-ring (bicyclic) bond motifs is 8. The number of hydrogen-bond donors (Lipinski definition) is 8. The highest BCUT2D eigenvalue weighted by molar-refractivity contribution is 7.86. The van der Waals surface area contributed by atoms with Gasteiger partial charge in [-0.05, 0) is 121 Å². The van der Waals surface area contributed by atoms with Crippen molar-refractivity contribution in [1.82, 2.24) is 19.9 Å². The molecule has 0 saturated heterocycles. The molecule has 0 unspecified atom stereocenters. The molecule has 9 rings (SSSR count). The Balaban J connectivity index is 1.50. The van der Waals surface area contributed by atoms with Gasteiger partial charge in [0.25, 0.3) is 40.5 Å². The largest absolute Gasteiger partial charge is 0.354 e. The second-order valence-corrected chi connectivity index (χ2v) is 22.4. The van der Waals surface area contributed by atoms with Crippen molar-refractivity contribution in [3.63, 3.8) is 0 Å². The lowest BCUT2D eigenvalue weighted by atomic mass is 10.0. The maximum absolute atomic E-state index is 12.5. The zero-order chi connectivity index (χ0) is 48.8. The van der Waals surface area contributed by atoms with Gasteiger partial charge in [-0.15, -0.1) is 0 Å². The minimum Gasteiger partial charge on any atom is -0.354 e. The first-order valence-electron chi connectivity index (χ1n) is 19.2. The maximum atomic E-state index is 12.5. The van der Waals surface area contributed by atoms with Crippen molar-refractivity contribution in [3.8, 4) is 0 Å². The van der Waals surface area contributed by atoms with Crippen molar-refractivity contribution < 1.29 is 51.9 Å². The molecule has 16 nitrogen and oxygen atoms in total. The van der Waals surface area contributed by atoms with Gasteiger partial charge in [0.15, 0.2) is 0 Å². The Kier molecular flexibility index (Phi) is 11.9. The van der Waals surface area contributed by atoms with Crippen molar-refractivity contribution >= 4 is 109 Å². The van der Waals surface area contributed by atoms with Crippen LogP contribution in [0.1, 0.15) is 45.0 Å². The molecule has 68 heavy (non-hydrogen) atoms. The summed E-state index contributed by atoms with van der Waals surface area (Å²) in [5.41, 5.74) is 2.16. The molecule has 348 valence electrons. The fraction of sp³-hybridized carbons (Fsp3) is 0. The Labute approximate surface area is 405 Å². The van der Waals surface area contributed by atoms with E-state index in [1.54, 1.807) is 48.5 Å². The van der Waals surface area contributed by atoms with Gasteiger partial charge in [-0.25, -0.2) is 0 Å². The van der Waals surface area contributed by atoms with E-state index in [2.05, 4.69) is 19.9 Å². The summed E-state index contributed by atoms with van der Waals surface area (Å²) in [5, 5.41) is 1.09. The van der Waals surface area contributed by atoms with Crippen LogP contribution in [0.5, 0.6) is 0 Å². The minimum absolute atomic E-state index is 0.0260. The summed E-state index contributed by atoms with van der Waals surface area (Å²) in [4.78, 5) is 11.2. The average molecular weight is 1070 g/mol. The van der Waals surface area contributed by atoms with Gasteiger partial charge in [-0.2, -0.15) is 33.7 Å². The molecule has 4 aromatic heterocycles. The van der Waals surface area contributed by atoms with Crippen LogP contribution in [0, 0.1) is 0 Å². The summed E-state index contributed by atoms with van der Waals surface area (Å²) < 4.78 is 141. The normalized spacial score (nSPS) is 13.6. The van der Waals surface area contributed by atoms with Crippen LogP contribution in [-0.2, 0) is 40.5 Å². The fourth-order valence-corrected chi connectivity index (χ4v) is 10.8.